The average Bonchev–Trinajstić information content (AvgIpc) is 2.81. The Morgan fingerprint density at radius 2 is 1.79 bits per heavy atom. The number of halogens is 2. The SMILES string of the molecule is CC[C@H](C(=O)NC(C)(C)C)N(Cc1cccc(OC)c1)C(=O)CCCN(c1cc(Cl)ccc1Cl)S(C)(=O)=O. The summed E-state index contributed by atoms with van der Waals surface area (Å²) in [6.07, 6.45) is 1.71. The van der Waals surface area contributed by atoms with E-state index in [0.29, 0.717) is 17.2 Å². The summed E-state index contributed by atoms with van der Waals surface area (Å²) < 4.78 is 31.6. The van der Waals surface area contributed by atoms with Crippen LogP contribution in [0.25, 0.3) is 0 Å². The number of carbonyl (C=O) groups excluding carboxylic acids is 2. The van der Waals surface area contributed by atoms with Gasteiger partial charge in [-0.15, -0.1) is 0 Å². The van der Waals surface area contributed by atoms with Gasteiger partial charge in [0.25, 0.3) is 0 Å². The molecule has 0 radical (unpaired) electrons. The van der Waals surface area contributed by atoms with Crippen molar-refractivity contribution in [3.8, 4) is 5.75 Å². The Morgan fingerprint density at radius 3 is 2.37 bits per heavy atom. The lowest BCUT2D eigenvalue weighted by atomic mass is 10.0. The molecular formula is C27H37Cl2N3O5S. The smallest absolute Gasteiger partial charge is 0.243 e. The van der Waals surface area contributed by atoms with Gasteiger partial charge in [-0.3, -0.25) is 13.9 Å². The van der Waals surface area contributed by atoms with E-state index in [1.54, 1.807) is 24.1 Å². The number of hydrogen-bond acceptors (Lipinski definition) is 5. The topological polar surface area (TPSA) is 96.0 Å². The number of methoxy groups -OCH3 is 1. The molecule has 0 spiro atoms. The number of carbonyl (C=O) groups is 2. The highest BCUT2D eigenvalue weighted by Crippen LogP contribution is 2.31. The normalized spacial score (nSPS) is 12.5. The number of anilines is 1. The molecular weight excluding hydrogens is 549 g/mol. The van der Waals surface area contributed by atoms with E-state index in [2.05, 4.69) is 5.32 Å². The minimum atomic E-state index is -3.70. The van der Waals surface area contributed by atoms with Gasteiger partial charge < -0.3 is 15.0 Å². The van der Waals surface area contributed by atoms with Crippen LogP contribution < -0.4 is 14.4 Å². The molecule has 0 aliphatic rings. The molecule has 38 heavy (non-hydrogen) atoms. The van der Waals surface area contributed by atoms with Gasteiger partial charge in [0, 0.05) is 30.1 Å². The van der Waals surface area contributed by atoms with E-state index in [-0.39, 0.29) is 48.5 Å². The number of sulfonamides is 1. The molecule has 1 atom stereocenters. The van der Waals surface area contributed by atoms with Crippen molar-refractivity contribution < 1.29 is 22.7 Å². The van der Waals surface area contributed by atoms with Crippen molar-refractivity contribution in [1.29, 1.82) is 0 Å². The van der Waals surface area contributed by atoms with Crippen LogP contribution in [-0.4, -0.2) is 56.6 Å². The maximum Gasteiger partial charge on any atom is 0.243 e. The zero-order chi connectivity index (χ0) is 28.7. The van der Waals surface area contributed by atoms with Gasteiger partial charge in [0.05, 0.1) is 24.1 Å². The van der Waals surface area contributed by atoms with Crippen LogP contribution in [0.1, 0.15) is 52.5 Å². The van der Waals surface area contributed by atoms with Crippen LogP contribution in [0, 0.1) is 0 Å². The van der Waals surface area contributed by atoms with Crippen LogP contribution in [0.4, 0.5) is 5.69 Å². The summed E-state index contributed by atoms with van der Waals surface area (Å²) in [6.45, 7) is 7.71. The second-order valence-corrected chi connectivity index (χ2v) is 12.8. The molecule has 0 fully saturated rings. The third kappa shape index (κ3) is 9.36. The highest BCUT2D eigenvalue weighted by molar-refractivity contribution is 7.92. The van der Waals surface area contributed by atoms with Crippen LogP contribution in [-0.2, 0) is 26.2 Å². The number of benzene rings is 2. The largest absolute Gasteiger partial charge is 0.497 e. The van der Waals surface area contributed by atoms with E-state index >= 15 is 0 Å². The van der Waals surface area contributed by atoms with Crippen molar-refractivity contribution in [3.05, 3.63) is 58.1 Å². The van der Waals surface area contributed by atoms with Gasteiger partial charge >= 0.3 is 0 Å². The van der Waals surface area contributed by atoms with Crippen LogP contribution in [0.3, 0.4) is 0 Å². The van der Waals surface area contributed by atoms with E-state index in [1.165, 1.54) is 12.1 Å². The maximum atomic E-state index is 13.6. The summed E-state index contributed by atoms with van der Waals surface area (Å²) in [6, 6.07) is 11.2. The molecule has 2 aromatic carbocycles. The summed E-state index contributed by atoms with van der Waals surface area (Å²) in [7, 11) is -2.14. The number of ether oxygens (including phenoxy) is 1. The zero-order valence-electron chi connectivity index (χ0n) is 22.8. The maximum absolute atomic E-state index is 13.6. The Morgan fingerprint density at radius 1 is 1.11 bits per heavy atom. The summed E-state index contributed by atoms with van der Waals surface area (Å²) >= 11 is 12.3. The molecule has 0 bridgehead atoms. The van der Waals surface area contributed by atoms with Gasteiger partial charge in [-0.2, -0.15) is 0 Å². The minimum absolute atomic E-state index is 0.0165. The van der Waals surface area contributed by atoms with Crippen LogP contribution in [0.15, 0.2) is 42.5 Å². The molecule has 0 aliphatic heterocycles. The quantitative estimate of drug-likeness (QED) is 0.366. The van der Waals surface area contributed by atoms with Crippen LogP contribution in [0.2, 0.25) is 10.0 Å². The molecule has 1 N–H and O–H groups in total. The Kier molecular flexibility index (Phi) is 11.3. The molecule has 210 valence electrons. The van der Waals surface area contributed by atoms with Gasteiger partial charge in [0.2, 0.25) is 21.8 Å². The predicted molar refractivity (Wildman–Crippen MR) is 153 cm³/mol. The van der Waals surface area contributed by atoms with Crippen LogP contribution >= 0.6 is 23.2 Å². The molecule has 8 nitrogen and oxygen atoms in total. The molecule has 2 amide bonds. The molecule has 2 aromatic rings. The number of nitrogens with one attached hydrogen (secondary N) is 1. The van der Waals surface area contributed by atoms with Crippen molar-refractivity contribution in [2.24, 2.45) is 0 Å². The number of nitrogens with zero attached hydrogens (tertiary/aromatic N) is 2. The first-order valence-corrected chi connectivity index (χ1v) is 14.9. The van der Waals surface area contributed by atoms with E-state index in [0.717, 1.165) is 16.1 Å². The molecule has 11 heteroatoms. The molecule has 2 rings (SSSR count). The Labute approximate surface area is 236 Å². The fourth-order valence-corrected chi connectivity index (χ4v) is 5.40. The third-order valence-electron chi connectivity index (χ3n) is 5.70. The van der Waals surface area contributed by atoms with Crippen molar-refractivity contribution in [1.82, 2.24) is 10.2 Å². The summed E-state index contributed by atoms with van der Waals surface area (Å²) in [5, 5.41) is 3.54. The minimum Gasteiger partial charge on any atom is -0.497 e. The second kappa shape index (κ2) is 13.5. The van der Waals surface area contributed by atoms with E-state index < -0.39 is 21.6 Å². The lowest BCUT2D eigenvalue weighted by Crippen LogP contribution is -2.53. The fourth-order valence-electron chi connectivity index (χ4n) is 4.00. The van der Waals surface area contributed by atoms with Gasteiger partial charge in [-0.05, 0) is 69.5 Å². The van der Waals surface area contributed by atoms with Gasteiger partial charge in [0.15, 0.2) is 0 Å². The molecule has 0 aromatic heterocycles. The standard InChI is InChI=1S/C27H37Cl2N3O5S/c1-7-23(26(34)30-27(2,3)4)31(18-19-10-8-11-21(16-19)37-5)25(33)12-9-15-32(38(6,35)36)24-17-20(28)13-14-22(24)29/h8,10-11,13-14,16-17,23H,7,9,12,15,18H2,1-6H3,(H,30,34)/t23-/m1/s1. The van der Waals surface area contributed by atoms with Gasteiger partial charge in [-0.25, -0.2) is 8.42 Å². The highest BCUT2D eigenvalue weighted by Gasteiger charge is 2.31. The first-order chi connectivity index (χ1) is 17.7. The van der Waals surface area contributed by atoms with E-state index in [9.17, 15) is 18.0 Å². The van der Waals surface area contributed by atoms with E-state index in [1.807, 2.05) is 45.9 Å². The molecule has 0 saturated heterocycles. The summed E-state index contributed by atoms with van der Waals surface area (Å²) in [4.78, 5) is 28.3. The Balaban J connectivity index is 2.29. The predicted octanol–water partition coefficient (Wildman–Crippen LogP) is 5.27. The monoisotopic (exact) mass is 585 g/mol. The highest BCUT2D eigenvalue weighted by atomic mass is 35.5. The number of rotatable bonds is 12. The Hall–Kier alpha value is -2.49. The second-order valence-electron chi connectivity index (χ2n) is 10.1. The number of amides is 2. The van der Waals surface area contributed by atoms with Crippen molar-refractivity contribution in [2.75, 3.05) is 24.2 Å². The van der Waals surface area contributed by atoms with Crippen molar-refractivity contribution in [2.45, 2.75) is 65.1 Å². The number of hydrogen-bond donors (Lipinski definition) is 1. The third-order valence-corrected chi connectivity index (χ3v) is 7.43. The molecule has 0 aliphatic carbocycles. The van der Waals surface area contributed by atoms with Crippen molar-refractivity contribution >= 4 is 50.7 Å². The van der Waals surface area contributed by atoms with Crippen molar-refractivity contribution in [3.63, 3.8) is 0 Å². The lowest BCUT2D eigenvalue weighted by molar-refractivity contribution is -0.142. The first-order valence-electron chi connectivity index (χ1n) is 12.3. The average molecular weight is 587 g/mol. The molecule has 0 saturated carbocycles. The summed E-state index contributed by atoms with van der Waals surface area (Å²) in [5.74, 6) is 0.123. The fraction of sp³-hybridized carbons (Fsp3) is 0.481. The van der Waals surface area contributed by atoms with E-state index in [4.69, 9.17) is 27.9 Å². The zero-order valence-corrected chi connectivity index (χ0v) is 25.1. The first kappa shape index (κ1) is 31.7. The van der Waals surface area contributed by atoms with Gasteiger partial charge in [-0.1, -0.05) is 42.3 Å². The van der Waals surface area contributed by atoms with Crippen LogP contribution in [0.5, 0.6) is 5.75 Å². The Bertz CT molecular complexity index is 1230. The lowest BCUT2D eigenvalue weighted by Gasteiger charge is -2.33. The van der Waals surface area contributed by atoms with Gasteiger partial charge in [0.1, 0.15) is 11.8 Å². The molecule has 0 heterocycles. The summed E-state index contributed by atoms with van der Waals surface area (Å²) in [5.41, 5.74) is 0.586. The molecule has 0 unspecified atom stereocenters.